The molecule has 0 spiro atoms. The fourth-order valence-electron chi connectivity index (χ4n) is 2.42. The zero-order chi connectivity index (χ0) is 11.9. The number of nitrogens with one attached hydrogen (secondary N) is 1. The van der Waals surface area contributed by atoms with E-state index in [1.165, 1.54) is 25.7 Å². The average molecular weight is 235 g/mol. The zero-order valence-electron chi connectivity index (χ0n) is 10.3. The molecule has 1 aromatic rings. The Bertz CT molecular complexity index is 324. The van der Waals surface area contributed by atoms with Crippen molar-refractivity contribution in [2.75, 3.05) is 0 Å². The second kappa shape index (κ2) is 6.48. The molecule has 1 aliphatic carbocycles. The summed E-state index contributed by atoms with van der Waals surface area (Å²) in [5, 5.41) is 3.14. The van der Waals surface area contributed by atoms with Gasteiger partial charge in [-0.15, -0.1) is 0 Å². The molecule has 0 aliphatic heterocycles. The lowest BCUT2D eigenvalue weighted by atomic mass is 10.1. The summed E-state index contributed by atoms with van der Waals surface area (Å²) in [6.45, 7) is 0. The Morgan fingerprint density at radius 3 is 2.71 bits per heavy atom. The standard InChI is InChI=1S/C14H21NO2/c16-14(10-9-13-8-5-11-17-13)15-12-6-3-1-2-4-7-12/h5,8,11-12H,1-4,6-7,9-10H2,(H,15,16). The first-order valence-electron chi connectivity index (χ1n) is 6.66. The predicted molar refractivity (Wildman–Crippen MR) is 66.7 cm³/mol. The molecular weight excluding hydrogens is 214 g/mol. The van der Waals surface area contributed by atoms with Crippen LogP contribution in [0.1, 0.15) is 50.7 Å². The molecule has 17 heavy (non-hydrogen) atoms. The number of furan rings is 1. The smallest absolute Gasteiger partial charge is 0.220 e. The molecule has 0 saturated heterocycles. The predicted octanol–water partition coefficient (Wildman–Crippen LogP) is 3.05. The largest absolute Gasteiger partial charge is 0.469 e. The molecule has 0 unspecified atom stereocenters. The SMILES string of the molecule is O=C(CCc1ccco1)NC1CCCCCC1. The van der Waals surface area contributed by atoms with Crippen LogP contribution in [0.25, 0.3) is 0 Å². The summed E-state index contributed by atoms with van der Waals surface area (Å²) in [5.74, 6) is 1.05. The topological polar surface area (TPSA) is 42.2 Å². The highest BCUT2D eigenvalue weighted by molar-refractivity contribution is 5.76. The highest BCUT2D eigenvalue weighted by Crippen LogP contribution is 2.17. The van der Waals surface area contributed by atoms with Gasteiger partial charge in [-0.1, -0.05) is 25.7 Å². The Morgan fingerprint density at radius 2 is 2.06 bits per heavy atom. The summed E-state index contributed by atoms with van der Waals surface area (Å²) in [6.07, 6.45) is 10.3. The van der Waals surface area contributed by atoms with Gasteiger partial charge in [-0.3, -0.25) is 4.79 Å². The molecule has 1 amide bonds. The van der Waals surface area contributed by atoms with Gasteiger partial charge in [0.05, 0.1) is 6.26 Å². The van der Waals surface area contributed by atoms with E-state index in [9.17, 15) is 4.79 Å². The zero-order valence-corrected chi connectivity index (χ0v) is 10.3. The molecule has 2 rings (SSSR count). The summed E-state index contributed by atoms with van der Waals surface area (Å²) in [6, 6.07) is 4.18. The number of aryl methyl sites for hydroxylation is 1. The maximum atomic E-state index is 11.8. The molecule has 0 atom stereocenters. The maximum absolute atomic E-state index is 11.8. The number of carbonyl (C=O) groups excluding carboxylic acids is 1. The van der Waals surface area contributed by atoms with E-state index in [0.29, 0.717) is 18.9 Å². The molecule has 1 N–H and O–H groups in total. The maximum Gasteiger partial charge on any atom is 0.220 e. The minimum absolute atomic E-state index is 0.160. The van der Waals surface area contributed by atoms with Crippen LogP contribution >= 0.6 is 0 Å². The molecular formula is C14H21NO2. The van der Waals surface area contributed by atoms with Crippen molar-refractivity contribution in [3.8, 4) is 0 Å². The van der Waals surface area contributed by atoms with Gasteiger partial charge in [0.15, 0.2) is 0 Å². The lowest BCUT2D eigenvalue weighted by molar-refractivity contribution is -0.121. The molecule has 3 heteroatoms. The van der Waals surface area contributed by atoms with Crippen LogP contribution in [-0.2, 0) is 11.2 Å². The van der Waals surface area contributed by atoms with E-state index in [1.807, 2.05) is 12.1 Å². The molecule has 1 aromatic heterocycles. The van der Waals surface area contributed by atoms with E-state index in [4.69, 9.17) is 4.42 Å². The van der Waals surface area contributed by atoms with Gasteiger partial charge in [-0.25, -0.2) is 0 Å². The third kappa shape index (κ3) is 4.25. The highest BCUT2D eigenvalue weighted by atomic mass is 16.3. The van der Waals surface area contributed by atoms with Gasteiger partial charge in [-0.05, 0) is 25.0 Å². The fraction of sp³-hybridized carbons (Fsp3) is 0.643. The normalized spacial score (nSPS) is 17.6. The first-order valence-corrected chi connectivity index (χ1v) is 6.66. The Labute approximate surface area is 103 Å². The van der Waals surface area contributed by atoms with Crippen LogP contribution in [0.2, 0.25) is 0 Å². The van der Waals surface area contributed by atoms with Gasteiger partial charge < -0.3 is 9.73 Å². The van der Waals surface area contributed by atoms with Gasteiger partial charge in [0.1, 0.15) is 5.76 Å². The monoisotopic (exact) mass is 235 g/mol. The van der Waals surface area contributed by atoms with Gasteiger partial charge in [0, 0.05) is 18.9 Å². The van der Waals surface area contributed by atoms with E-state index >= 15 is 0 Å². The number of carbonyl (C=O) groups is 1. The van der Waals surface area contributed by atoms with Gasteiger partial charge in [0.2, 0.25) is 5.91 Å². The van der Waals surface area contributed by atoms with Crippen molar-refractivity contribution in [3.05, 3.63) is 24.2 Å². The Hall–Kier alpha value is -1.25. The van der Waals surface area contributed by atoms with Crippen LogP contribution in [0.3, 0.4) is 0 Å². The fourth-order valence-corrected chi connectivity index (χ4v) is 2.42. The van der Waals surface area contributed by atoms with Crippen LogP contribution in [-0.4, -0.2) is 11.9 Å². The molecule has 1 fully saturated rings. The Balaban J connectivity index is 1.69. The van der Waals surface area contributed by atoms with Crippen LogP contribution in [0.4, 0.5) is 0 Å². The van der Waals surface area contributed by atoms with Crippen molar-refractivity contribution in [3.63, 3.8) is 0 Å². The minimum Gasteiger partial charge on any atom is -0.469 e. The van der Waals surface area contributed by atoms with E-state index in [0.717, 1.165) is 18.6 Å². The summed E-state index contributed by atoms with van der Waals surface area (Å²) < 4.78 is 5.21. The van der Waals surface area contributed by atoms with Crippen LogP contribution in [0.5, 0.6) is 0 Å². The van der Waals surface area contributed by atoms with Crippen LogP contribution in [0.15, 0.2) is 22.8 Å². The Kier molecular flexibility index (Phi) is 4.65. The average Bonchev–Trinajstić information content (AvgIpc) is 2.72. The summed E-state index contributed by atoms with van der Waals surface area (Å²) in [5.41, 5.74) is 0. The van der Waals surface area contributed by atoms with Crippen molar-refractivity contribution < 1.29 is 9.21 Å². The third-order valence-corrected chi connectivity index (χ3v) is 3.40. The van der Waals surface area contributed by atoms with Crippen molar-refractivity contribution in [1.82, 2.24) is 5.32 Å². The molecule has 94 valence electrons. The lowest BCUT2D eigenvalue weighted by Crippen LogP contribution is -2.34. The van der Waals surface area contributed by atoms with E-state index < -0.39 is 0 Å². The number of amides is 1. The minimum atomic E-state index is 0.160. The quantitative estimate of drug-likeness (QED) is 0.815. The highest BCUT2D eigenvalue weighted by Gasteiger charge is 2.14. The van der Waals surface area contributed by atoms with E-state index in [-0.39, 0.29) is 5.91 Å². The number of hydrogen-bond donors (Lipinski definition) is 1. The molecule has 1 saturated carbocycles. The Morgan fingerprint density at radius 1 is 1.29 bits per heavy atom. The summed E-state index contributed by atoms with van der Waals surface area (Å²) in [4.78, 5) is 11.8. The summed E-state index contributed by atoms with van der Waals surface area (Å²) >= 11 is 0. The summed E-state index contributed by atoms with van der Waals surface area (Å²) in [7, 11) is 0. The second-order valence-electron chi connectivity index (χ2n) is 4.84. The lowest BCUT2D eigenvalue weighted by Gasteiger charge is -2.15. The van der Waals surface area contributed by atoms with E-state index in [2.05, 4.69) is 5.32 Å². The van der Waals surface area contributed by atoms with Crippen LogP contribution < -0.4 is 5.32 Å². The van der Waals surface area contributed by atoms with Crippen molar-refractivity contribution in [2.24, 2.45) is 0 Å². The van der Waals surface area contributed by atoms with Crippen molar-refractivity contribution in [2.45, 2.75) is 57.4 Å². The number of hydrogen-bond acceptors (Lipinski definition) is 2. The van der Waals surface area contributed by atoms with Gasteiger partial charge in [0.25, 0.3) is 0 Å². The van der Waals surface area contributed by atoms with Gasteiger partial charge in [-0.2, -0.15) is 0 Å². The third-order valence-electron chi connectivity index (χ3n) is 3.40. The van der Waals surface area contributed by atoms with Crippen molar-refractivity contribution in [1.29, 1.82) is 0 Å². The molecule has 1 aliphatic rings. The second-order valence-corrected chi connectivity index (χ2v) is 4.84. The molecule has 0 bridgehead atoms. The number of rotatable bonds is 4. The van der Waals surface area contributed by atoms with Gasteiger partial charge >= 0.3 is 0 Å². The van der Waals surface area contributed by atoms with Crippen molar-refractivity contribution >= 4 is 5.91 Å². The molecule has 3 nitrogen and oxygen atoms in total. The first kappa shape index (κ1) is 12.2. The first-order chi connectivity index (χ1) is 8.34. The molecule has 0 aromatic carbocycles. The van der Waals surface area contributed by atoms with Crippen LogP contribution in [0, 0.1) is 0 Å². The molecule has 1 heterocycles. The van der Waals surface area contributed by atoms with E-state index in [1.54, 1.807) is 6.26 Å². The molecule has 0 radical (unpaired) electrons.